The number of carboxylic acids is 1. The van der Waals surface area contributed by atoms with Gasteiger partial charge in [-0.1, -0.05) is 25.9 Å². The number of carbonyl (C=O) groups excluding carboxylic acids is 1. The lowest BCUT2D eigenvalue weighted by atomic mass is 9.88. The number of carboxylic acid groups (broad SMARTS) is 1. The van der Waals surface area contributed by atoms with Crippen LogP contribution in [-0.4, -0.2) is 28.2 Å². The molecule has 1 unspecified atom stereocenters. The molecule has 1 heterocycles. The molecule has 1 aliphatic carbocycles. The van der Waals surface area contributed by atoms with Crippen LogP contribution < -0.4 is 5.32 Å². The van der Waals surface area contributed by atoms with Crippen molar-refractivity contribution in [1.29, 1.82) is 0 Å². The monoisotopic (exact) mass is 294 g/mol. The second-order valence-corrected chi connectivity index (χ2v) is 6.85. The third-order valence-corrected chi connectivity index (χ3v) is 3.53. The van der Waals surface area contributed by atoms with Crippen LogP contribution in [0.5, 0.6) is 0 Å². The van der Waals surface area contributed by atoms with Crippen molar-refractivity contribution in [3.8, 4) is 0 Å². The lowest BCUT2D eigenvalue weighted by Crippen LogP contribution is -2.41. The standard InChI is InChI=1S/C15H22N2O4/c1-15(2,3)7-6-10(14(19)20)16-13(18)11-8-12(21-17-11)9-4-5-9/h8-10H,4-7H2,1-3H3,(H,16,18)(H,19,20). The Labute approximate surface area is 123 Å². The number of aromatic nitrogens is 1. The minimum absolute atomic E-state index is 0.0193. The first kappa shape index (κ1) is 15.5. The number of nitrogens with zero attached hydrogens (tertiary/aromatic N) is 1. The van der Waals surface area contributed by atoms with E-state index in [9.17, 15) is 14.7 Å². The molecule has 1 aliphatic rings. The second kappa shape index (κ2) is 5.87. The van der Waals surface area contributed by atoms with Gasteiger partial charge in [-0.3, -0.25) is 4.79 Å². The van der Waals surface area contributed by atoms with Gasteiger partial charge in [0.15, 0.2) is 5.69 Å². The van der Waals surface area contributed by atoms with Crippen LogP contribution in [0.1, 0.15) is 68.6 Å². The van der Waals surface area contributed by atoms with Gasteiger partial charge in [0.1, 0.15) is 11.8 Å². The highest BCUT2D eigenvalue weighted by Crippen LogP contribution is 2.40. The number of carbonyl (C=O) groups is 2. The number of amides is 1. The Balaban J connectivity index is 1.94. The average Bonchev–Trinajstić information content (AvgIpc) is 3.10. The highest BCUT2D eigenvalue weighted by atomic mass is 16.5. The summed E-state index contributed by atoms with van der Waals surface area (Å²) in [4.78, 5) is 23.3. The summed E-state index contributed by atoms with van der Waals surface area (Å²) in [6.07, 6.45) is 3.20. The van der Waals surface area contributed by atoms with E-state index in [0.717, 1.165) is 12.8 Å². The zero-order valence-corrected chi connectivity index (χ0v) is 12.7. The number of nitrogens with one attached hydrogen (secondary N) is 1. The van der Waals surface area contributed by atoms with Crippen LogP contribution in [0.3, 0.4) is 0 Å². The highest BCUT2D eigenvalue weighted by molar-refractivity contribution is 5.94. The van der Waals surface area contributed by atoms with Gasteiger partial charge in [0.05, 0.1) is 0 Å². The smallest absolute Gasteiger partial charge is 0.326 e. The van der Waals surface area contributed by atoms with E-state index in [1.165, 1.54) is 0 Å². The van der Waals surface area contributed by atoms with Crippen LogP contribution >= 0.6 is 0 Å². The molecule has 1 fully saturated rings. The Morgan fingerprint density at radius 2 is 2.14 bits per heavy atom. The molecule has 0 saturated heterocycles. The normalized spacial score (nSPS) is 16.5. The van der Waals surface area contributed by atoms with E-state index in [4.69, 9.17) is 4.52 Å². The lowest BCUT2D eigenvalue weighted by molar-refractivity contribution is -0.139. The molecule has 21 heavy (non-hydrogen) atoms. The molecule has 1 atom stereocenters. The molecule has 0 aliphatic heterocycles. The van der Waals surface area contributed by atoms with Crippen molar-refractivity contribution in [2.24, 2.45) is 5.41 Å². The Hall–Kier alpha value is -1.85. The third-order valence-electron chi connectivity index (χ3n) is 3.53. The lowest BCUT2D eigenvalue weighted by Gasteiger charge is -2.21. The minimum Gasteiger partial charge on any atom is -0.480 e. The van der Waals surface area contributed by atoms with Gasteiger partial charge in [0, 0.05) is 12.0 Å². The van der Waals surface area contributed by atoms with Gasteiger partial charge in [0.2, 0.25) is 0 Å². The summed E-state index contributed by atoms with van der Waals surface area (Å²) in [6.45, 7) is 6.10. The summed E-state index contributed by atoms with van der Waals surface area (Å²) in [5.41, 5.74) is 0.171. The number of hydrogen-bond acceptors (Lipinski definition) is 4. The third kappa shape index (κ3) is 4.58. The zero-order valence-electron chi connectivity index (χ0n) is 12.7. The van der Waals surface area contributed by atoms with E-state index in [1.807, 2.05) is 20.8 Å². The zero-order chi connectivity index (χ0) is 15.6. The summed E-state index contributed by atoms with van der Waals surface area (Å²) in [7, 11) is 0. The Morgan fingerprint density at radius 3 is 2.67 bits per heavy atom. The molecule has 6 nitrogen and oxygen atoms in total. The summed E-state index contributed by atoms with van der Waals surface area (Å²) in [5.74, 6) is -0.442. The predicted octanol–water partition coefficient (Wildman–Crippen LogP) is 2.56. The van der Waals surface area contributed by atoms with Gasteiger partial charge in [0.25, 0.3) is 5.91 Å². The number of hydrogen-bond donors (Lipinski definition) is 2. The van der Waals surface area contributed by atoms with Crippen LogP contribution in [0.2, 0.25) is 0 Å². The maximum absolute atomic E-state index is 12.0. The average molecular weight is 294 g/mol. The fourth-order valence-corrected chi connectivity index (χ4v) is 2.02. The van der Waals surface area contributed by atoms with Crippen molar-refractivity contribution in [3.63, 3.8) is 0 Å². The maximum Gasteiger partial charge on any atom is 0.326 e. The van der Waals surface area contributed by atoms with Crippen LogP contribution in [0.25, 0.3) is 0 Å². The SMILES string of the molecule is CC(C)(C)CCC(NC(=O)c1cc(C2CC2)on1)C(=O)O. The number of rotatable bonds is 6. The molecule has 2 N–H and O–H groups in total. The summed E-state index contributed by atoms with van der Waals surface area (Å²) in [5, 5.41) is 15.4. The predicted molar refractivity (Wildman–Crippen MR) is 76.1 cm³/mol. The fourth-order valence-electron chi connectivity index (χ4n) is 2.02. The summed E-state index contributed by atoms with van der Waals surface area (Å²) < 4.78 is 5.11. The first-order valence-corrected chi connectivity index (χ1v) is 7.26. The van der Waals surface area contributed by atoms with Crippen LogP contribution in [-0.2, 0) is 4.79 Å². The molecular formula is C15H22N2O4. The molecule has 2 rings (SSSR count). The van der Waals surface area contributed by atoms with Gasteiger partial charge in [-0.25, -0.2) is 4.79 Å². The van der Waals surface area contributed by atoms with E-state index in [-0.39, 0.29) is 11.1 Å². The van der Waals surface area contributed by atoms with E-state index in [1.54, 1.807) is 6.07 Å². The van der Waals surface area contributed by atoms with Crippen molar-refractivity contribution >= 4 is 11.9 Å². The van der Waals surface area contributed by atoms with Crippen LogP contribution in [0, 0.1) is 5.41 Å². The van der Waals surface area contributed by atoms with Gasteiger partial charge in [-0.05, 0) is 31.1 Å². The second-order valence-electron chi connectivity index (χ2n) is 6.85. The molecule has 0 spiro atoms. The van der Waals surface area contributed by atoms with Crippen molar-refractivity contribution in [3.05, 3.63) is 17.5 Å². The Kier molecular flexibility index (Phi) is 4.34. The Bertz CT molecular complexity index is 526. The van der Waals surface area contributed by atoms with Crippen molar-refractivity contribution in [2.45, 2.75) is 58.4 Å². The first-order chi connectivity index (χ1) is 9.76. The number of aliphatic carboxylic acids is 1. The Morgan fingerprint density at radius 1 is 1.48 bits per heavy atom. The first-order valence-electron chi connectivity index (χ1n) is 7.26. The maximum atomic E-state index is 12.0. The highest BCUT2D eigenvalue weighted by Gasteiger charge is 2.30. The van der Waals surface area contributed by atoms with E-state index in [2.05, 4.69) is 10.5 Å². The topological polar surface area (TPSA) is 92.4 Å². The van der Waals surface area contributed by atoms with Crippen LogP contribution in [0.15, 0.2) is 10.6 Å². The molecular weight excluding hydrogens is 272 g/mol. The van der Waals surface area contributed by atoms with Crippen molar-refractivity contribution in [1.82, 2.24) is 10.5 Å². The molecule has 0 bridgehead atoms. The summed E-state index contributed by atoms with van der Waals surface area (Å²) in [6, 6.07) is 0.702. The van der Waals surface area contributed by atoms with Gasteiger partial charge in [-0.2, -0.15) is 0 Å². The molecule has 1 amide bonds. The van der Waals surface area contributed by atoms with Gasteiger partial charge >= 0.3 is 5.97 Å². The minimum atomic E-state index is -1.03. The van der Waals surface area contributed by atoms with Crippen LogP contribution in [0.4, 0.5) is 0 Å². The van der Waals surface area contributed by atoms with Gasteiger partial charge < -0.3 is 14.9 Å². The molecule has 1 saturated carbocycles. The quantitative estimate of drug-likeness (QED) is 0.841. The summed E-state index contributed by atoms with van der Waals surface area (Å²) >= 11 is 0. The molecule has 0 aromatic carbocycles. The largest absolute Gasteiger partial charge is 0.480 e. The van der Waals surface area contributed by atoms with Crippen molar-refractivity contribution < 1.29 is 19.2 Å². The van der Waals surface area contributed by atoms with E-state index in [0.29, 0.717) is 24.5 Å². The van der Waals surface area contributed by atoms with E-state index >= 15 is 0 Å². The molecule has 1 aromatic heterocycles. The molecule has 1 aromatic rings. The fraction of sp³-hybridized carbons (Fsp3) is 0.667. The van der Waals surface area contributed by atoms with E-state index < -0.39 is 17.9 Å². The molecule has 0 radical (unpaired) electrons. The van der Waals surface area contributed by atoms with Crippen molar-refractivity contribution in [2.75, 3.05) is 0 Å². The molecule has 116 valence electrons. The van der Waals surface area contributed by atoms with Gasteiger partial charge in [-0.15, -0.1) is 0 Å². The molecule has 6 heteroatoms.